The normalized spacial score (nSPS) is 11.6. The summed E-state index contributed by atoms with van der Waals surface area (Å²) in [5.74, 6) is -0.957. The first-order valence-electron chi connectivity index (χ1n) is 3.62. The third-order valence-electron chi connectivity index (χ3n) is 1.47. The molecule has 1 aromatic heterocycles. The molecule has 0 aliphatic rings. The quantitative estimate of drug-likeness (QED) is 0.729. The van der Waals surface area contributed by atoms with Crippen molar-refractivity contribution in [3.05, 3.63) is 16.6 Å². The molecule has 1 aromatic rings. The molecule has 0 atom stereocenters. The standard InChI is InChI=1S/C8H11NO2S/c1-8(2,3)6-4-5(7(10)11)9-12-6/h4H,1-3H3,(H,10,11). The fourth-order valence-electron chi connectivity index (χ4n) is 0.729. The second-order valence-corrected chi connectivity index (χ2v) is 4.44. The van der Waals surface area contributed by atoms with E-state index in [1.54, 1.807) is 6.07 Å². The molecule has 0 amide bonds. The van der Waals surface area contributed by atoms with Gasteiger partial charge in [0.25, 0.3) is 0 Å². The summed E-state index contributed by atoms with van der Waals surface area (Å²) in [6.07, 6.45) is 0. The fraction of sp³-hybridized carbons (Fsp3) is 0.500. The highest BCUT2D eigenvalue weighted by molar-refractivity contribution is 7.06. The molecule has 1 rings (SSSR count). The molecule has 0 bridgehead atoms. The van der Waals surface area contributed by atoms with Crippen LogP contribution < -0.4 is 0 Å². The van der Waals surface area contributed by atoms with Gasteiger partial charge in [-0.15, -0.1) is 0 Å². The van der Waals surface area contributed by atoms with Crippen LogP contribution >= 0.6 is 11.5 Å². The first-order valence-corrected chi connectivity index (χ1v) is 4.39. The van der Waals surface area contributed by atoms with Gasteiger partial charge in [-0.2, -0.15) is 4.37 Å². The third-order valence-corrected chi connectivity index (χ3v) is 2.68. The van der Waals surface area contributed by atoms with Crippen LogP contribution in [-0.2, 0) is 5.41 Å². The van der Waals surface area contributed by atoms with E-state index in [0.717, 1.165) is 4.88 Å². The van der Waals surface area contributed by atoms with Gasteiger partial charge in [0.15, 0.2) is 5.69 Å². The molecule has 0 aromatic carbocycles. The minimum absolute atomic E-state index is 0.00856. The number of nitrogens with zero attached hydrogens (tertiary/aromatic N) is 1. The second kappa shape index (κ2) is 2.86. The smallest absolute Gasteiger partial charge is 0.355 e. The van der Waals surface area contributed by atoms with E-state index in [-0.39, 0.29) is 11.1 Å². The number of carboxylic acids is 1. The predicted molar refractivity (Wildman–Crippen MR) is 47.8 cm³/mol. The monoisotopic (exact) mass is 185 g/mol. The lowest BCUT2D eigenvalue weighted by Crippen LogP contribution is -2.08. The van der Waals surface area contributed by atoms with Crippen molar-refractivity contribution in [1.29, 1.82) is 0 Å². The van der Waals surface area contributed by atoms with Crippen molar-refractivity contribution in [2.45, 2.75) is 26.2 Å². The molecule has 12 heavy (non-hydrogen) atoms. The Morgan fingerprint density at radius 3 is 2.42 bits per heavy atom. The number of hydrogen-bond donors (Lipinski definition) is 1. The molecule has 0 aliphatic heterocycles. The predicted octanol–water partition coefficient (Wildman–Crippen LogP) is 2.14. The highest BCUT2D eigenvalue weighted by atomic mass is 32.1. The van der Waals surface area contributed by atoms with Crippen molar-refractivity contribution in [1.82, 2.24) is 4.37 Å². The number of aromatic carboxylic acids is 1. The van der Waals surface area contributed by atoms with Crippen LogP contribution in [0.4, 0.5) is 0 Å². The third kappa shape index (κ3) is 1.82. The Bertz CT molecular complexity index is 298. The van der Waals surface area contributed by atoms with E-state index in [1.807, 2.05) is 20.8 Å². The number of aromatic nitrogens is 1. The topological polar surface area (TPSA) is 50.2 Å². The lowest BCUT2D eigenvalue weighted by Gasteiger charge is -2.13. The largest absolute Gasteiger partial charge is 0.476 e. The molecule has 4 heteroatoms. The van der Waals surface area contributed by atoms with Crippen LogP contribution in [0.25, 0.3) is 0 Å². The van der Waals surface area contributed by atoms with E-state index in [0.29, 0.717) is 0 Å². The highest BCUT2D eigenvalue weighted by Crippen LogP contribution is 2.26. The number of carboxylic acid groups (broad SMARTS) is 1. The SMILES string of the molecule is CC(C)(C)c1cc(C(=O)O)ns1. The maximum absolute atomic E-state index is 10.5. The van der Waals surface area contributed by atoms with Crippen LogP contribution in [0.3, 0.4) is 0 Å². The molecule has 0 aliphatic carbocycles. The summed E-state index contributed by atoms with van der Waals surface area (Å²) < 4.78 is 3.82. The summed E-state index contributed by atoms with van der Waals surface area (Å²) >= 11 is 1.25. The summed E-state index contributed by atoms with van der Waals surface area (Å²) in [6.45, 7) is 6.10. The fourth-order valence-corrected chi connectivity index (χ4v) is 1.50. The molecular weight excluding hydrogens is 174 g/mol. The van der Waals surface area contributed by atoms with Crippen LogP contribution in [-0.4, -0.2) is 15.4 Å². The molecule has 1 N–H and O–H groups in total. The second-order valence-electron chi connectivity index (χ2n) is 3.63. The molecule has 0 fully saturated rings. The molecule has 0 unspecified atom stereocenters. The Balaban J connectivity index is 3.00. The van der Waals surface area contributed by atoms with Crippen LogP contribution in [0.15, 0.2) is 6.07 Å². The van der Waals surface area contributed by atoms with Gasteiger partial charge in [0.05, 0.1) is 0 Å². The van der Waals surface area contributed by atoms with Gasteiger partial charge in [-0.05, 0) is 23.0 Å². The van der Waals surface area contributed by atoms with Crippen LogP contribution in [0.5, 0.6) is 0 Å². The van der Waals surface area contributed by atoms with Crippen LogP contribution in [0.1, 0.15) is 36.1 Å². The van der Waals surface area contributed by atoms with Gasteiger partial charge in [-0.1, -0.05) is 20.8 Å². The van der Waals surface area contributed by atoms with Gasteiger partial charge in [0, 0.05) is 4.88 Å². The lowest BCUT2D eigenvalue weighted by atomic mass is 9.94. The number of rotatable bonds is 1. The first kappa shape index (κ1) is 9.19. The average Bonchev–Trinajstić information content (AvgIpc) is 2.30. The van der Waals surface area contributed by atoms with Crippen LogP contribution in [0, 0.1) is 0 Å². The van der Waals surface area contributed by atoms with Gasteiger partial charge in [0.2, 0.25) is 0 Å². The van der Waals surface area contributed by atoms with Crippen molar-refractivity contribution < 1.29 is 9.90 Å². The minimum atomic E-state index is -0.957. The number of hydrogen-bond acceptors (Lipinski definition) is 3. The molecule has 66 valence electrons. The van der Waals surface area contributed by atoms with Gasteiger partial charge in [-0.25, -0.2) is 4.79 Å². The summed E-state index contributed by atoms with van der Waals surface area (Å²) in [4.78, 5) is 11.5. The van der Waals surface area contributed by atoms with E-state index in [2.05, 4.69) is 4.37 Å². The Hall–Kier alpha value is -0.900. The van der Waals surface area contributed by atoms with Crippen molar-refractivity contribution in [3.8, 4) is 0 Å². The molecule has 0 saturated carbocycles. The summed E-state index contributed by atoms with van der Waals surface area (Å²) in [5, 5.41) is 8.61. The van der Waals surface area contributed by atoms with E-state index in [1.165, 1.54) is 11.5 Å². The summed E-state index contributed by atoms with van der Waals surface area (Å²) in [6, 6.07) is 1.63. The maximum atomic E-state index is 10.5. The van der Waals surface area contributed by atoms with Gasteiger partial charge >= 0.3 is 5.97 Å². The minimum Gasteiger partial charge on any atom is -0.476 e. The zero-order valence-electron chi connectivity index (χ0n) is 7.29. The van der Waals surface area contributed by atoms with Crippen molar-refractivity contribution in [3.63, 3.8) is 0 Å². The van der Waals surface area contributed by atoms with Gasteiger partial charge in [-0.3, -0.25) is 0 Å². The zero-order valence-corrected chi connectivity index (χ0v) is 8.10. The van der Waals surface area contributed by atoms with E-state index in [9.17, 15) is 4.79 Å². The highest BCUT2D eigenvalue weighted by Gasteiger charge is 2.19. The summed E-state index contributed by atoms with van der Waals surface area (Å²) in [7, 11) is 0. The van der Waals surface area contributed by atoms with Crippen molar-refractivity contribution in [2.75, 3.05) is 0 Å². The van der Waals surface area contributed by atoms with Gasteiger partial charge < -0.3 is 5.11 Å². The van der Waals surface area contributed by atoms with Crippen molar-refractivity contribution >= 4 is 17.5 Å². The Morgan fingerprint density at radius 1 is 1.58 bits per heavy atom. The van der Waals surface area contributed by atoms with Gasteiger partial charge in [0.1, 0.15) is 0 Å². The van der Waals surface area contributed by atoms with Crippen molar-refractivity contribution in [2.24, 2.45) is 0 Å². The lowest BCUT2D eigenvalue weighted by molar-refractivity contribution is 0.0692. The molecule has 3 nitrogen and oxygen atoms in total. The van der Waals surface area contributed by atoms with E-state index >= 15 is 0 Å². The average molecular weight is 185 g/mol. The number of carbonyl (C=O) groups is 1. The molecule has 0 spiro atoms. The first-order chi connectivity index (χ1) is 5.41. The van der Waals surface area contributed by atoms with E-state index < -0.39 is 5.97 Å². The maximum Gasteiger partial charge on any atom is 0.355 e. The van der Waals surface area contributed by atoms with Crippen LogP contribution in [0.2, 0.25) is 0 Å². The molecule has 0 radical (unpaired) electrons. The Kier molecular flexibility index (Phi) is 2.19. The zero-order chi connectivity index (χ0) is 9.35. The summed E-state index contributed by atoms with van der Waals surface area (Å²) in [5.41, 5.74) is 0.135. The molecular formula is C8H11NO2S. The molecule has 1 heterocycles. The molecule has 0 saturated heterocycles. The Morgan fingerprint density at radius 2 is 2.17 bits per heavy atom. The Labute approximate surface area is 75.2 Å². The van der Waals surface area contributed by atoms with E-state index in [4.69, 9.17) is 5.11 Å².